The van der Waals surface area contributed by atoms with Gasteiger partial charge in [-0.15, -0.1) is 0 Å². The van der Waals surface area contributed by atoms with Crippen molar-refractivity contribution in [3.05, 3.63) is 0 Å². The van der Waals surface area contributed by atoms with Crippen molar-refractivity contribution in [3.63, 3.8) is 0 Å². The third-order valence-corrected chi connectivity index (χ3v) is 1.02. The first-order valence-electron chi connectivity index (χ1n) is 4.38. The predicted octanol–water partition coefficient (Wildman–Crippen LogP) is 0.510. The molecule has 2 atom stereocenters. The molecule has 0 saturated carbocycles. The summed E-state index contributed by atoms with van der Waals surface area (Å²) in [6.07, 6.45) is -0.320. The van der Waals surface area contributed by atoms with Gasteiger partial charge in [-0.05, 0) is 13.8 Å². The van der Waals surface area contributed by atoms with Gasteiger partial charge in [0.05, 0.1) is 25.4 Å². The van der Waals surface area contributed by atoms with Gasteiger partial charge in [0.15, 0.2) is 0 Å². The summed E-state index contributed by atoms with van der Waals surface area (Å²) in [5, 5.41) is 16.2. The lowest BCUT2D eigenvalue weighted by Crippen LogP contribution is -2.20. The van der Waals surface area contributed by atoms with Crippen LogP contribution in [0.5, 0.6) is 0 Å². The van der Waals surface area contributed by atoms with Crippen LogP contribution in [-0.2, 0) is 14.3 Å². The lowest BCUT2D eigenvalue weighted by Gasteiger charge is -2.12. The molecule has 0 aromatic heterocycles. The minimum Gasteiger partial charge on any atom is -0.481 e. The first kappa shape index (κ1) is 15.8. The summed E-state index contributed by atoms with van der Waals surface area (Å²) in [4.78, 5) is 9.00. The highest BCUT2D eigenvalue weighted by Crippen LogP contribution is 1.92. The molecule has 0 radical (unpaired) electrons. The molecule has 0 aromatic carbocycles. The van der Waals surface area contributed by atoms with E-state index in [2.05, 4.69) is 0 Å². The molecule has 0 aliphatic rings. The van der Waals surface area contributed by atoms with Crippen molar-refractivity contribution in [2.45, 2.75) is 33.0 Å². The molecule has 0 spiro atoms. The number of methoxy groups -OCH3 is 1. The van der Waals surface area contributed by atoms with Gasteiger partial charge in [0.1, 0.15) is 0 Å². The van der Waals surface area contributed by atoms with Crippen LogP contribution in [0.3, 0.4) is 0 Å². The highest BCUT2D eigenvalue weighted by Gasteiger charge is 2.02. The van der Waals surface area contributed by atoms with Crippen LogP contribution < -0.4 is 0 Å². The molecule has 86 valence electrons. The Hall–Kier alpha value is -0.650. The summed E-state index contributed by atoms with van der Waals surface area (Å²) in [6.45, 7) is 5.64. The molecule has 2 N–H and O–H groups in total. The fraction of sp³-hybridized carbons (Fsp3) is 0.889. The summed E-state index contributed by atoms with van der Waals surface area (Å²) >= 11 is 0. The van der Waals surface area contributed by atoms with Crippen molar-refractivity contribution in [2.75, 3.05) is 20.3 Å². The average molecular weight is 208 g/mol. The van der Waals surface area contributed by atoms with Gasteiger partial charge in [-0.1, -0.05) is 0 Å². The summed E-state index contributed by atoms with van der Waals surface area (Å²) in [7, 11) is 1.63. The SMILES string of the molecule is CC(=O)O.COCC(C)OCC(C)O. The van der Waals surface area contributed by atoms with Crippen LogP contribution in [0, 0.1) is 0 Å². The van der Waals surface area contributed by atoms with Crippen molar-refractivity contribution >= 4 is 5.97 Å². The standard InChI is InChI=1S/C7H16O3.C2H4O2/c1-6(8)4-10-7(2)5-9-3;1-2(3)4/h6-8H,4-5H2,1-3H3;1H3,(H,3,4). The van der Waals surface area contributed by atoms with E-state index in [1.165, 1.54) is 0 Å². The Labute approximate surface area is 84.6 Å². The Morgan fingerprint density at radius 3 is 2.07 bits per heavy atom. The van der Waals surface area contributed by atoms with E-state index in [1.54, 1.807) is 14.0 Å². The molecular weight excluding hydrogens is 188 g/mol. The van der Waals surface area contributed by atoms with E-state index in [1.807, 2.05) is 6.92 Å². The Balaban J connectivity index is 0. The number of ether oxygens (including phenoxy) is 2. The summed E-state index contributed by atoms with van der Waals surface area (Å²) in [6, 6.07) is 0. The van der Waals surface area contributed by atoms with Crippen molar-refractivity contribution in [3.8, 4) is 0 Å². The normalized spacial score (nSPS) is 13.8. The quantitative estimate of drug-likeness (QED) is 0.688. The molecule has 0 aromatic rings. The zero-order chi connectivity index (χ0) is 11.6. The van der Waals surface area contributed by atoms with Crippen LogP contribution in [0.1, 0.15) is 20.8 Å². The van der Waals surface area contributed by atoms with Gasteiger partial charge in [-0.2, -0.15) is 0 Å². The summed E-state index contributed by atoms with van der Waals surface area (Å²) < 4.78 is 10.00. The number of aliphatic carboxylic acids is 1. The minimum absolute atomic E-state index is 0.0691. The van der Waals surface area contributed by atoms with Gasteiger partial charge < -0.3 is 19.7 Å². The van der Waals surface area contributed by atoms with Gasteiger partial charge in [0.2, 0.25) is 0 Å². The van der Waals surface area contributed by atoms with Crippen LogP contribution in [-0.4, -0.2) is 48.7 Å². The molecule has 0 aliphatic carbocycles. The van der Waals surface area contributed by atoms with E-state index in [-0.39, 0.29) is 12.2 Å². The largest absolute Gasteiger partial charge is 0.481 e. The maximum absolute atomic E-state index is 9.00. The fourth-order valence-electron chi connectivity index (χ4n) is 0.586. The van der Waals surface area contributed by atoms with Gasteiger partial charge >= 0.3 is 0 Å². The first-order chi connectivity index (χ1) is 6.40. The van der Waals surface area contributed by atoms with E-state index >= 15 is 0 Å². The number of carboxylic acids is 1. The molecule has 0 bridgehead atoms. The van der Waals surface area contributed by atoms with Crippen LogP contribution in [0.25, 0.3) is 0 Å². The van der Waals surface area contributed by atoms with E-state index in [0.29, 0.717) is 13.2 Å². The van der Waals surface area contributed by atoms with E-state index in [0.717, 1.165) is 6.92 Å². The minimum atomic E-state index is -0.833. The fourth-order valence-corrected chi connectivity index (χ4v) is 0.586. The first-order valence-corrected chi connectivity index (χ1v) is 4.38. The predicted molar refractivity (Wildman–Crippen MR) is 52.3 cm³/mol. The topological polar surface area (TPSA) is 76.0 Å². The number of carbonyl (C=O) groups is 1. The lowest BCUT2D eigenvalue weighted by atomic mass is 10.4. The Morgan fingerprint density at radius 2 is 1.79 bits per heavy atom. The number of rotatable bonds is 5. The van der Waals surface area contributed by atoms with Gasteiger partial charge in [-0.25, -0.2) is 0 Å². The van der Waals surface area contributed by atoms with E-state index in [4.69, 9.17) is 24.5 Å². The second kappa shape index (κ2) is 10.4. The molecule has 0 heterocycles. The second-order valence-corrected chi connectivity index (χ2v) is 2.97. The lowest BCUT2D eigenvalue weighted by molar-refractivity contribution is -0.134. The molecule has 0 amide bonds. The van der Waals surface area contributed by atoms with Gasteiger partial charge in [-0.3, -0.25) is 4.79 Å². The maximum Gasteiger partial charge on any atom is 0.300 e. The van der Waals surface area contributed by atoms with Crippen LogP contribution in [0.2, 0.25) is 0 Å². The Bertz CT molecular complexity index is 131. The summed E-state index contributed by atoms with van der Waals surface area (Å²) in [5.74, 6) is -0.833. The van der Waals surface area contributed by atoms with Gasteiger partial charge in [0, 0.05) is 14.0 Å². The van der Waals surface area contributed by atoms with Crippen molar-refractivity contribution in [2.24, 2.45) is 0 Å². The van der Waals surface area contributed by atoms with Crippen LogP contribution in [0.15, 0.2) is 0 Å². The van der Waals surface area contributed by atoms with Crippen molar-refractivity contribution in [1.29, 1.82) is 0 Å². The average Bonchev–Trinajstić information content (AvgIpc) is 2.00. The number of hydrogen-bond donors (Lipinski definition) is 2. The zero-order valence-corrected chi connectivity index (χ0v) is 9.19. The van der Waals surface area contributed by atoms with Crippen molar-refractivity contribution in [1.82, 2.24) is 0 Å². The van der Waals surface area contributed by atoms with Crippen molar-refractivity contribution < 1.29 is 24.5 Å². The number of aliphatic hydroxyl groups excluding tert-OH is 1. The molecule has 0 aliphatic heterocycles. The van der Waals surface area contributed by atoms with Crippen LogP contribution >= 0.6 is 0 Å². The zero-order valence-electron chi connectivity index (χ0n) is 9.19. The smallest absolute Gasteiger partial charge is 0.300 e. The molecule has 5 nitrogen and oxygen atoms in total. The highest BCUT2D eigenvalue weighted by atomic mass is 16.5. The molecule has 0 saturated heterocycles. The molecule has 5 heteroatoms. The van der Waals surface area contributed by atoms with Crippen LogP contribution in [0.4, 0.5) is 0 Å². The molecule has 0 rings (SSSR count). The number of hydrogen-bond acceptors (Lipinski definition) is 4. The van der Waals surface area contributed by atoms with E-state index in [9.17, 15) is 0 Å². The molecular formula is C9H20O5. The Kier molecular flexibility index (Phi) is 11.8. The summed E-state index contributed by atoms with van der Waals surface area (Å²) in [5.41, 5.74) is 0. The third kappa shape index (κ3) is 22.5. The monoisotopic (exact) mass is 208 g/mol. The van der Waals surface area contributed by atoms with E-state index < -0.39 is 5.97 Å². The number of carboxylic acid groups (broad SMARTS) is 1. The highest BCUT2D eigenvalue weighted by molar-refractivity contribution is 5.62. The molecule has 0 fully saturated rings. The maximum atomic E-state index is 9.00. The number of aliphatic hydroxyl groups is 1. The third-order valence-electron chi connectivity index (χ3n) is 1.02. The molecule has 14 heavy (non-hydrogen) atoms. The van der Waals surface area contributed by atoms with Gasteiger partial charge in [0.25, 0.3) is 5.97 Å². The molecule has 2 unspecified atom stereocenters. The Morgan fingerprint density at radius 1 is 1.36 bits per heavy atom. The second-order valence-electron chi connectivity index (χ2n) is 2.97.